The SMILES string of the molecule is CC(C)c1nnc(-c2cccc(C(F)(F)F)c2)nc1Oc1ccc(Cl)nc1. The highest BCUT2D eigenvalue weighted by Gasteiger charge is 2.30. The van der Waals surface area contributed by atoms with Crippen molar-refractivity contribution in [2.45, 2.75) is 25.9 Å². The van der Waals surface area contributed by atoms with Gasteiger partial charge >= 0.3 is 6.18 Å². The fourth-order valence-electron chi connectivity index (χ4n) is 2.25. The Morgan fingerprint density at radius 2 is 1.85 bits per heavy atom. The molecule has 0 N–H and O–H groups in total. The summed E-state index contributed by atoms with van der Waals surface area (Å²) in [6, 6.07) is 7.88. The average molecular weight is 395 g/mol. The first-order valence-electron chi connectivity index (χ1n) is 7.95. The molecule has 9 heteroatoms. The van der Waals surface area contributed by atoms with Crippen LogP contribution in [0.1, 0.15) is 31.0 Å². The molecule has 1 aromatic carbocycles. The molecule has 0 amide bonds. The molecule has 0 bridgehead atoms. The van der Waals surface area contributed by atoms with Crippen LogP contribution in [0.3, 0.4) is 0 Å². The van der Waals surface area contributed by atoms with Gasteiger partial charge in [0, 0.05) is 11.5 Å². The minimum absolute atomic E-state index is 0.0300. The second-order valence-corrected chi connectivity index (χ2v) is 6.37. The van der Waals surface area contributed by atoms with Gasteiger partial charge in [0.15, 0.2) is 5.82 Å². The third kappa shape index (κ3) is 4.51. The van der Waals surface area contributed by atoms with Crippen molar-refractivity contribution in [2.24, 2.45) is 0 Å². The first-order chi connectivity index (χ1) is 12.7. The van der Waals surface area contributed by atoms with E-state index >= 15 is 0 Å². The molecule has 27 heavy (non-hydrogen) atoms. The molecule has 3 aromatic rings. The van der Waals surface area contributed by atoms with E-state index in [2.05, 4.69) is 20.2 Å². The van der Waals surface area contributed by atoms with Crippen LogP contribution in [0.5, 0.6) is 11.6 Å². The lowest BCUT2D eigenvalue weighted by Gasteiger charge is -2.13. The van der Waals surface area contributed by atoms with Gasteiger partial charge in [0.1, 0.15) is 16.6 Å². The number of halogens is 4. The number of rotatable bonds is 4. The van der Waals surface area contributed by atoms with Crippen LogP contribution in [0.2, 0.25) is 5.15 Å². The summed E-state index contributed by atoms with van der Waals surface area (Å²) in [5.41, 5.74) is -0.131. The summed E-state index contributed by atoms with van der Waals surface area (Å²) in [7, 11) is 0. The smallest absolute Gasteiger partial charge is 0.416 e. The molecular weight excluding hydrogens is 381 g/mol. The van der Waals surface area contributed by atoms with Gasteiger partial charge in [0.2, 0.25) is 5.88 Å². The van der Waals surface area contributed by atoms with Crippen LogP contribution < -0.4 is 4.74 Å². The first kappa shape index (κ1) is 19.0. The van der Waals surface area contributed by atoms with Gasteiger partial charge in [0.25, 0.3) is 0 Å². The van der Waals surface area contributed by atoms with E-state index in [1.807, 2.05) is 13.8 Å². The van der Waals surface area contributed by atoms with E-state index in [-0.39, 0.29) is 23.2 Å². The molecule has 0 unspecified atom stereocenters. The highest BCUT2D eigenvalue weighted by atomic mass is 35.5. The molecule has 0 saturated heterocycles. The van der Waals surface area contributed by atoms with E-state index < -0.39 is 11.7 Å². The highest BCUT2D eigenvalue weighted by Crippen LogP contribution is 2.33. The van der Waals surface area contributed by atoms with Gasteiger partial charge in [-0.3, -0.25) is 0 Å². The van der Waals surface area contributed by atoms with Gasteiger partial charge in [-0.15, -0.1) is 10.2 Å². The molecule has 0 spiro atoms. The Bertz CT molecular complexity index is 946. The molecule has 2 aromatic heterocycles. The summed E-state index contributed by atoms with van der Waals surface area (Å²) in [5, 5.41) is 8.36. The van der Waals surface area contributed by atoms with Gasteiger partial charge in [-0.2, -0.15) is 18.2 Å². The van der Waals surface area contributed by atoms with Crippen LogP contribution >= 0.6 is 11.6 Å². The minimum Gasteiger partial charge on any atom is -0.436 e. The second kappa shape index (κ2) is 7.48. The summed E-state index contributed by atoms with van der Waals surface area (Å²) in [5.74, 6) is 0.492. The molecule has 0 fully saturated rings. The van der Waals surface area contributed by atoms with Crippen LogP contribution in [0, 0.1) is 0 Å². The van der Waals surface area contributed by atoms with Crippen molar-refractivity contribution in [1.82, 2.24) is 20.2 Å². The van der Waals surface area contributed by atoms with Crippen molar-refractivity contribution in [3.05, 3.63) is 59.0 Å². The molecule has 140 valence electrons. The zero-order chi connectivity index (χ0) is 19.6. The maximum atomic E-state index is 13.0. The van der Waals surface area contributed by atoms with E-state index in [9.17, 15) is 13.2 Å². The van der Waals surface area contributed by atoms with Crippen molar-refractivity contribution in [2.75, 3.05) is 0 Å². The zero-order valence-electron chi connectivity index (χ0n) is 14.3. The lowest BCUT2D eigenvalue weighted by Crippen LogP contribution is -2.07. The number of pyridine rings is 1. The molecule has 0 aliphatic carbocycles. The van der Waals surface area contributed by atoms with Gasteiger partial charge in [-0.05, 0) is 24.3 Å². The molecule has 5 nitrogen and oxygen atoms in total. The predicted molar refractivity (Wildman–Crippen MR) is 93.7 cm³/mol. The van der Waals surface area contributed by atoms with E-state index in [1.54, 1.807) is 12.1 Å². The number of hydrogen-bond acceptors (Lipinski definition) is 5. The normalized spacial score (nSPS) is 11.7. The van der Waals surface area contributed by atoms with Gasteiger partial charge in [0.05, 0.1) is 11.8 Å². The van der Waals surface area contributed by atoms with Gasteiger partial charge < -0.3 is 4.74 Å². The van der Waals surface area contributed by atoms with E-state index in [0.717, 1.165) is 12.1 Å². The number of benzene rings is 1. The molecule has 0 aliphatic rings. The summed E-state index contributed by atoms with van der Waals surface area (Å²) >= 11 is 5.76. The lowest BCUT2D eigenvalue weighted by atomic mass is 10.1. The Labute approximate surface area is 158 Å². The first-order valence-corrected chi connectivity index (χ1v) is 8.33. The van der Waals surface area contributed by atoms with Crippen LogP contribution in [-0.4, -0.2) is 20.2 Å². The Morgan fingerprint density at radius 1 is 1.07 bits per heavy atom. The molecule has 2 heterocycles. The molecule has 0 radical (unpaired) electrons. The molecule has 0 atom stereocenters. The van der Waals surface area contributed by atoms with Crippen molar-refractivity contribution < 1.29 is 17.9 Å². The van der Waals surface area contributed by atoms with Crippen LogP contribution in [0.4, 0.5) is 13.2 Å². The molecule has 0 saturated carbocycles. The van der Waals surface area contributed by atoms with Crippen LogP contribution in [0.15, 0.2) is 42.6 Å². The van der Waals surface area contributed by atoms with Crippen molar-refractivity contribution in [3.8, 4) is 23.0 Å². The molecular formula is C18H14ClF3N4O. The van der Waals surface area contributed by atoms with E-state index in [0.29, 0.717) is 16.6 Å². The van der Waals surface area contributed by atoms with Crippen LogP contribution in [0.25, 0.3) is 11.4 Å². The monoisotopic (exact) mass is 394 g/mol. The van der Waals surface area contributed by atoms with Crippen molar-refractivity contribution in [1.29, 1.82) is 0 Å². The molecule has 3 rings (SSSR count). The summed E-state index contributed by atoms with van der Waals surface area (Å²) in [6.07, 6.45) is -3.05. The van der Waals surface area contributed by atoms with Gasteiger partial charge in [-0.25, -0.2) is 4.98 Å². The van der Waals surface area contributed by atoms with Crippen molar-refractivity contribution >= 4 is 11.6 Å². The Kier molecular flexibility index (Phi) is 5.27. The Balaban J connectivity index is 2.02. The summed E-state index contributed by atoms with van der Waals surface area (Å²) in [4.78, 5) is 8.20. The Hall–Kier alpha value is -2.74. The molecule has 0 aliphatic heterocycles. The average Bonchev–Trinajstić information content (AvgIpc) is 2.63. The maximum absolute atomic E-state index is 13.0. The third-order valence-electron chi connectivity index (χ3n) is 3.59. The van der Waals surface area contributed by atoms with Crippen molar-refractivity contribution in [3.63, 3.8) is 0 Å². The highest BCUT2D eigenvalue weighted by molar-refractivity contribution is 6.29. The fraction of sp³-hybridized carbons (Fsp3) is 0.222. The fourth-order valence-corrected chi connectivity index (χ4v) is 2.36. The summed E-state index contributed by atoms with van der Waals surface area (Å²) < 4.78 is 44.6. The standard InChI is InChI=1S/C18H14ClF3N4O/c1-10(2)15-17(27-13-6-7-14(19)23-9-13)24-16(26-25-15)11-4-3-5-12(8-11)18(20,21)22/h3-10H,1-2H3. The van der Waals surface area contributed by atoms with Gasteiger partial charge in [-0.1, -0.05) is 37.6 Å². The largest absolute Gasteiger partial charge is 0.436 e. The predicted octanol–water partition coefficient (Wildman–Crippen LogP) is 5.52. The third-order valence-corrected chi connectivity index (χ3v) is 3.81. The number of hydrogen-bond donors (Lipinski definition) is 0. The Morgan fingerprint density at radius 3 is 2.48 bits per heavy atom. The maximum Gasteiger partial charge on any atom is 0.416 e. The zero-order valence-corrected chi connectivity index (χ0v) is 15.1. The minimum atomic E-state index is -4.46. The summed E-state index contributed by atoms with van der Waals surface area (Å²) in [6.45, 7) is 3.76. The van der Waals surface area contributed by atoms with Crippen LogP contribution in [-0.2, 0) is 6.18 Å². The van der Waals surface area contributed by atoms with E-state index in [1.165, 1.54) is 18.3 Å². The lowest BCUT2D eigenvalue weighted by molar-refractivity contribution is -0.137. The number of nitrogens with zero attached hydrogens (tertiary/aromatic N) is 4. The number of aromatic nitrogens is 4. The number of ether oxygens (including phenoxy) is 1. The topological polar surface area (TPSA) is 60.8 Å². The second-order valence-electron chi connectivity index (χ2n) is 5.98. The van der Waals surface area contributed by atoms with E-state index in [4.69, 9.17) is 16.3 Å². The quantitative estimate of drug-likeness (QED) is 0.545. The number of alkyl halides is 3.